The van der Waals surface area contributed by atoms with Crippen LogP contribution in [0, 0.1) is 0 Å². The summed E-state index contributed by atoms with van der Waals surface area (Å²) in [6.07, 6.45) is 1.52. The van der Waals surface area contributed by atoms with Crippen LogP contribution in [0.15, 0.2) is 18.2 Å². The zero-order valence-electron chi connectivity index (χ0n) is 12.2. The first kappa shape index (κ1) is 15.3. The molecule has 1 N–H and O–H groups in total. The highest BCUT2D eigenvalue weighted by molar-refractivity contribution is 7.87. The number of hydrogen-bond acceptors (Lipinski definition) is 3. The molecule has 1 atom stereocenters. The van der Waals surface area contributed by atoms with E-state index in [9.17, 15) is 8.42 Å². The molecule has 0 saturated heterocycles. The second-order valence-corrected chi connectivity index (χ2v) is 6.71. The fourth-order valence-corrected chi connectivity index (χ4v) is 4.03. The quantitative estimate of drug-likeness (QED) is 0.902. The van der Waals surface area contributed by atoms with Crippen LogP contribution in [0.1, 0.15) is 37.4 Å². The van der Waals surface area contributed by atoms with E-state index in [-0.39, 0.29) is 6.04 Å². The highest BCUT2D eigenvalue weighted by atomic mass is 32.2. The van der Waals surface area contributed by atoms with Crippen molar-refractivity contribution < 1.29 is 13.2 Å². The molecule has 0 fully saturated rings. The van der Waals surface area contributed by atoms with Crippen molar-refractivity contribution in [1.29, 1.82) is 0 Å². The van der Waals surface area contributed by atoms with Crippen LogP contribution < -0.4 is 9.46 Å². The van der Waals surface area contributed by atoms with Crippen LogP contribution >= 0.6 is 0 Å². The standard InChI is InChI=1S/C14H22N2O3S/c1-4-8-15-20(17,18)16-9-7-12-5-6-13(19-3)10-14(12)11(16)2/h5-6,10-11,15H,4,7-9H2,1-3H3. The molecule has 112 valence electrons. The summed E-state index contributed by atoms with van der Waals surface area (Å²) < 4.78 is 34.0. The molecule has 1 unspecified atom stereocenters. The molecule has 1 aromatic rings. The van der Waals surface area contributed by atoms with Crippen molar-refractivity contribution in [1.82, 2.24) is 9.03 Å². The van der Waals surface area contributed by atoms with Crippen LogP contribution in [0.3, 0.4) is 0 Å². The maximum atomic E-state index is 12.3. The first-order valence-corrected chi connectivity index (χ1v) is 8.37. The molecule has 0 amide bonds. The van der Waals surface area contributed by atoms with Gasteiger partial charge in [-0.3, -0.25) is 0 Å². The fourth-order valence-electron chi connectivity index (χ4n) is 2.54. The smallest absolute Gasteiger partial charge is 0.280 e. The number of rotatable bonds is 5. The minimum absolute atomic E-state index is 0.178. The van der Waals surface area contributed by atoms with Gasteiger partial charge in [-0.1, -0.05) is 13.0 Å². The third-order valence-corrected chi connectivity index (χ3v) is 5.37. The molecule has 2 rings (SSSR count). The lowest BCUT2D eigenvalue weighted by Crippen LogP contribution is -2.45. The minimum atomic E-state index is -3.41. The van der Waals surface area contributed by atoms with Crippen molar-refractivity contribution in [3.8, 4) is 5.75 Å². The molecule has 0 aromatic heterocycles. The van der Waals surface area contributed by atoms with Gasteiger partial charge in [-0.15, -0.1) is 0 Å². The molecule has 5 nitrogen and oxygen atoms in total. The van der Waals surface area contributed by atoms with Crippen molar-refractivity contribution in [2.24, 2.45) is 0 Å². The molecular formula is C14H22N2O3S. The van der Waals surface area contributed by atoms with Crippen molar-refractivity contribution in [3.05, 3.63) is 29.3 Å². The van der Waals surface area contributed by atoms with E-state index in [1.54, 1.807) is 7.11 Å². The zero-order chi connectivity index (χ0) is 14.8. The Morgan fingerprint density at radius 3 is 2.85 bits per heavy atom. The second-order valence-electron chi connectivity index (χ2n) is 5.00. The summed E-state index contributed by atoms with van der Waals surface area (Å²) in [5, 5.41) is 0. The van der Waals surface area contributed by atoms with Crippen LogP contribution in [0.2, 0.25) is 0 Å². The van der Waals surface area contributed by atoms with Crippen molar-refractivity contribution >= 4 is 10.2 Å². The van der Waals surface area contributed by atoms with E-state index in [0.29, 0.717) is 13.1 Å². The van der Waals surface area contributed by atoms with Gasteiger partial charge < -0.3 is 4.74 Å². The summed E-state index contributed by atoms with van der Waals surface area (Å²) in [5.41, 5.74) is 2.22. The van der Waals surface area contributed by atoms with E-state index in [1.165, 1.54) is 9.87 Å². The molecule has 6 heteroatoms. The Morgan fingerprint density at radius 1 is 1.45 bits per heavy atom. The van der Waals surface area contributed by atoms with Gasteiger partial charge in [-0.2, -0.15) is 12.7 Å². The second kappa shape index (κ2) is 6.11. The van der Waals surface area contributed by atoms with E-state index < -0.39 is 10.2 Å². The van der Waals surface area contributed by atoms with Gasteiger partial charge in [0, 0.05) is 19.1 Å². The van der Waals surface area contributed by atoms with Gasteiger partial charge in [0.15, 0.2) is 0 Å². The van der Waals surface area contributed by atoms with E-state index in [4.69, 9.17) is 4.74 Å². The summed E-state index contributed by atoms with van der Waals surface area (Å²) in [6.45, 7) is 4.85. The lowest BCUT2D eigenvalue weighted by atomic mass is 9.95. The number of nitrogens with one attached hydrogen (secondary N) is 1. The molecule has 1 aliphatic rings. The van der Waals surface area contributed by atoms with E-state index >= 15 is 0 Å². The first-order chi connectivity index (χ1) is 9.49. The highest BCUT2D eigenvalue weighted by Crippen LogP contribution is 2.33. The number of hydrogen-bond donors (Lipinski definition) is 1. The van der Waals surface area contributed by atoms with E-state index in [2.05, 4.69) is 4.72 Å². The van der Waals surface area contributed by atoms with Crippen LogP contribution in [0.4, 0.5) is 0 Å². The predicted octanol–water partition coefficient (Wildman–Crippen LogP) is 1.86. The molecular weight excluding hydrogens is 276 g/mol. The molecule has 20 heavy (non-hydrogen) atoms. The average molecular weight is 298 g/mol. The highest BCUT2D eigenvalue weighted by Gasteiger charge is 2.32. The molecule has 1 aliphatic heterocycles. The van der Waals surface area contributed by atoms with Gasteiger partial charge in [-0.05, 0) is 43.0 Å². The Labute approximate surface area is 121 Å². The Kier molecular flexibility index (Phi) is 4.67. The third kappa shape index (κ3) is 2.97. The van der Waals surface area contributed by atoms with E-state index in [0.717, 1.165) is 24.2 Å². The Hall–Kier alpha value is -1.11. The topological polar surface area (TPSA) is 58.6 Å². The van der Waals surface area contributed by atoms with Gasteiger partial charge in [0.05, 0.1) is 7.11 Å². The summed E-state index contributed by atoms with van der Waals surface area (Å²) >= 11 is 0. The molecule has 0 saturated carbocycles. The fraction of sp³-hybridized carbons (Fsp3) is 0.571. The minimum Gasteiger partial charge on any atom is -0.497 e. The molecule has 0 bridgehead atoms. The van der Waals surface area contributed by atoms with Gasteiger partial charge in [0.2, 0.25) is 0 Å². The van der Waals surface area contributed by atoms with Crippen LogP contribution in [0.5, 0.6) is 5.75 Å². The number of benzene rings is 1. The maximum absolute atomic E-state index is 12.3. The van der Waals surface area contributed by atoms with Crippen molar-refractivity contribution in [3.63, 3.8) is 0 Å². The lowest BCUT2D eigenvalue weighted by Gasteiger charge is -2.34. The van der Waals surface area contributed by atoms with Crippen LogP contribution in [-0.4, -0.2) is 32.9 Å². The van der Waals surface area contributed by atoms with E-state index in [1.807, 2.05) is 32.0 Å². The maximum Gasteiger partial charge on any atom is 0.280 e. The summed E-state index contributed by atoms with van der Waals surface area (Å²) in [6, 6.07) is 5.70. The summed E-state index contributed by atoms with van der Waals surface area (Å²) in [4.78, 5) is 0. The largest absolute Gasteiger partial charge is 0.497 e. The number of methoxy groups -OCH3 is 1. The number of fused-ring (bicyclic) bond motifs is 1. The Balaban J connectivity index is 2.28. The van der Waals surface area contributed by atoms with Crippen molar-refractivity contribution in [2.75, 3.05) is 20.2 Å². The van der Waals surface area contributed by atoms with Crippen molar-refractivity contribution in [2.45, 2.75) is 32.7 Å². The average Bonchev–Trinajstić information content (AvgIpc) is 2.45. The Bertz CT molecular complexity index is 572. The number of ether oxygens (including phenoxy) is 1. The summed E-state index contributed by atoms with van der Waals surface area (Å²) in [7, 11) is -1.80. The van der Waals surface area contributed by atoms with Gasteiger partial charge >= 0.3 is 0 Å². The SMILES string of the molecule is CCCNS(=O)(=O)N1CCc2ccc(OC)cc2C1C. The van der Waals surface area contributed by atoms with Gasteiger partial charge in [0.1, 0.15) is 5.75 Å². The molecule has 0 spiro atoms. The number of nitrogens with zero attached hydrogens (tertiary/aromatic N) is 1. The van der Waals surface area contributed by atoms with Gasteiger partial charge in [0.25, 0.3) is 10.2 Å². The first-order valence-electron chi connectivity index (χ1n) is 6.93. The normalized spacial score (nSPS) is 19.6. The zero-order valence-corrected chi connectivity index (χ0v) is 13.0. The third-order valence-electron chi connectivity index (χ3n) is 3.68. The Morgan fingerprint density at radius 2 is 2.20 bits per heavy atom. The van der Waals surface area contributed by atoms with Gasteiger partial charge in [-0.25, -0.2) is 4.72 Å². The molecule has 0 radical (unpaired) electrons. The molecule has 1 heterocycles. The molecule has 1 aromatic carbocycles. The van der Waals surface area contributed by atoms with Crippen LogP contribution in [-0.2, 0) is 16.6 Å². The predicted molar refractivity (Wildman–Crippen MR) is 79.0 cm³/mol. The summed E-state index contributed by atoms with van der Waals surface area (Å²) in [5.74, 6) is 0.761. The lowest BCUT2D eigenvalue weighted by molar-refractivity contribution is 0.319. The molecule has 0 aliphatic carbocycles. The van der Waals surface area contributed by atoms with Crippen LogP contribution in [0.25, 0.3) is 0 Å². The monoisotopic (exact) mass is 298 g/mol.